The number of halogens is 6. The molecule has 28 nitrogen and oxygen atoms in total. The van der Waals surface area contributed by atoms with E-state index in [0.29, 0.717) is 75.7 Å². The Balaban J connectivity index is 0.677. The number of anilines is 1. The Kier molecular flexibility index (Phi) is 37.4. The zero-order chi connectivity index (χ0) is 86.9. The van der Waals surface area contributed by atoms with E-state index in [-0.39, 0.29) is 202 Å². The van der Waals surface area contributed by atoms with Crippen LogP contribution >= 0.6 is 69.6 Å². The minimum absolute atomic E-state index is 0.0206. The predicted molar refractivity (Wildman–Crippen MR) is 466 cm³/mol. The van der Waals surface area contributed by atoms with Crippen molar-refractivity contribution in [2.45, 2.75) is 122 Å². The van der Waals surface area contributed by atoms with Gasteiger partial charge in [0.2, 0.25) is 53.7 Å². The van der Waals surface area contributed by atoms with Crippen LogP contribution in [-0.4, -0.2) is 235 Å². The molecule has 37 heteroatoms. The molecule has 4 aliphatic rings. The van der Waals surface area contributed by atoms with Gasteiger partial charge in [-0.1, -0.05) is 119 Å². The largest absolute Gasteiger partial charge is 0.481 e. The summed E-state index contributed by atoms with van der Waals surface area (Å²) in [6.07, 6.45) is 1.72. The molecule has 0 bridgehead atoms. The summed E-state index contributed by atoms with van der Waals surface area (Å²) in [6.45, 7) is 4.36. The van der Waals surface area contributed by atoms with Gasteiger partial charge in [0.25, 0.3) is 0 Å². The average molecular weight is 1850 g/mol. The molecule has 1 fully saturated rings. The number of amides is 4. The fourth-order valence-electron chi connectivity index (χ4n) is 15.9. The first-order chi connectivity index (χ1) is 57.9. The predicted octanol–water partition coefficient (Wildman–Crippen LogP) is 10.5. The van der Waals surface area contributed by atoms with Crippen molar-refractivity contribution < 1.29 is 82.8 Å². The summed E-state index contributed by atoms with van der Waals surface area (Å²) in [5.74, 6) is -5.40. The fraction of sp³-hybridized carbons (Fsp3) is 0.512. The molecule has 6 aromatic rings. The number of nitrogens with one attached hydrogen (secondary N) is 7. The smallest absolute Gasteiger partial charge is 0.307 e. The number of sulfonamides is 3. The Bertz CT molecular complexity index is 4730. The zero-order valence-corrected chi connectivity index (χ0v) is 75.0. The molecule has 1 aliphatic carbocycles. The highest BCUT2D eigenvalue weighted by Gasteiger charge is 2.41. The van der Waals surface area contributed by atoms with Gasteiger partial charge in [0.15, 0.2) is 0 Å². The third-order valence-electron chi connectivity index (χ3n) is 22.0. The molecular formula is C84H108Cl6N10O18S3. The van der Waals surface area contributed by atoms with Crippen LogP contribution in [0.2, 0.25) is 30.1 Å². The normalized spacial score (nSPS) is 17.8. The standard InChI is InChI=1S/C84H108Cl6N10O18S3/c1-98-52-71(68-46-59(85)49-75(88)73(68)54-98)57-10-7-13-63(44-57)120(109,110)95-28-35-117-41-38-114-32-25-92-79(102)18-22-84(97-82(104)66-15-4-5-16-67(66)83(105)106,21-17-78(101)91-24-31-113-37-40-116-34-27-94-119(107,108)62-12-6-9-56(43-62)65-20-30-100(3)81-70(65)48-61(87)51-77(81)90)23-19-80(103)93-26-33-115-39-42-118-36-29-96-121(111,112)64-14-8-11-58(45-64)72-53-99(2)55-74-69(72)47-60(86)50-76(74)89/h6-14,43-51,65-67,71-72,94-96H,4-5,15-42,52-55H2,1-3H3,(H,91,101)(H,92,102)(H,93,103)(H,97,104)(H,105,106)/t65-,66-,67-,71-,72-/m0/s1. The van der Waals surface area contributed by atoms with Gasteiger partial charge < -0.3 is 69.5 Å². The Labute approximate surface area is 739 Å². The molecule has 6 aromatic carbocycles. The van der Waals surface area contributed by atoms with E-state index >= 15 is 0 Å². The van der Waals surface area contributed by atoms with Crippen LogP contribution in [0.5, 0.6) is 0 Å². The molecule has 0 unspecified atom stereocenters. The molecule has 8 N–H and O–H groups in total. The number of carboxylic acid groups (broad SMARTS) is 1. The Morgan fingerprint density at radius 3 is 1.16 bits per heavy atom. The van der Waals surface area contributed by atoms with Crippen molar-refractivity contribution in [1.29, 1.82) is 0 Å². The molecular weight excluding hydrogens is 1750 g/mol. The summed E-state index contributed by atoms with van der Waals surface area (Å²) in [7, 11) is -5.87. The molecule has 0 spiro atoms. The van der Waals surface area contributed by atoms with E-state index in [4.69, 9.17) is 98.0 Å². The number of likely N-dealkylation sites (N-methyl/N-ethyl adjacent to an activating group) is 2. The molecule has 0 aromatic heterocycles. The van der Waals surface area contributed by atoms with E-state index in [9.17, 15) is 54.3 Å². The number of aliphatic carboxylic acids is 1. The van der Waals surface area contributed by atoms with Crippen molar-refractivity contribution in [3.05, 3.63) is 184 Å². The van der Waals surface area contributed by atoms with Gasteiger partial charge in [0.05, 0.1) is 117 Å². The third kappa shape index (κ3) is 28.6. The van der Waals surface area contributed by atoms with Crippen molar-refractivity contribution >= 4 is 135 Å². The number of hydrogen-bond donors (Lipinski definition) is 8. The number of carboxylic acids is 1. The van der Waals surface area contributed by atoms with Crippen LogP contribution in [0.3, 0.4) is 0 Å². The number of hydrogen-bond acceptors (Lipinski definition) is 20. The summed E-state index contributed by atoms with van der Waals surface area (Å²) in [5.41, 5.74) is 6.57. The zero-order valence-electron chi connectivity index (χ0n) is 68.0. The molecule has 0 saturated heterocycles. The van der Waals surface area contributed by atoms with Crippen molar-refractivity contribution in [1.82, 2.24) is 45.2 Å². The Hall–Kier alpha value is -6.38. The first-order valence-electron chi connectivity index (χ1n) is 40.5. The SMILES string of the molecule is CN1Cc2c(Cl)cc(Cl)cc2[C@H](c2cccc(S(=O)(=O)NCCOCCOCCNC(=O)CCC(CCC(=O)NCCOCCOCCNS(=O)(=O)c3cccc([C@@H]4CN(C)Cc5c(Cl)cc(Cl)cc54)c3)(CCC(=O)NCCOCCOCCNS(=O)(=O)c3cccc([C@@H]4CCN(C)c5c(Cl)cc(Cl)cc54)c3)NC(=O)[C@H]3CCCC[C@@H]3C(=O)O)c2)C1. The molecule has 3 heterocycles. The second-order valence-electron chi connectivity index (χ2n) is 30.7. The lowest BCUT2D eigenvalue weighted by molar-refractivity contribution is -0.149. The molecule has 3 aliphatic heterocycles. The van der Waals surface area contributed by atoms with Crippen molar-refractivity contribution in [3.63, 3.8) is 0 Å². The number of carbonyl (C=O) groups excluding carboxylic acids is 4. The number of rotatable bonds is 48. The van der Waals surface area contributed by atoms with Gasteiger partial charge in [-0.3, -0.25) is 24.0 Å². The number of nitrogens with zero attached hydrogens (tertiary/aromatic N) is 3. The lowest BCUT2D eigenvalue weighted by Gasteiger charge is -2.38. The van der Waals surface area contributed by atoms with Crippen LogP contribution in [0.15, 0.2) is 124 Å². The van der Waals surface area contributed by atoms with Crippen molar-refractivity contribution in [2.24, 2.45) is 11.8 Å². The molecule has 10 rings (SSSR count). The van der Waals surface area contributed by atoms with Gasteiger partial charge in [-0.05, 0) is 170 Å². The lowest BCUT2D eigenvalue weighted by Crippen LogP contribution is -2.54. The highest BCUT2D eigenvalue weighted by Crippen LogP contribution is 2.46. The minimum Gasteiger partial charge on any atom is -0.481 e. The molecule has 5 atom stereocenters. The van der Waals surface area contributed by atoms with Crippen LogP contribution in [0.25, 0.3) is 0 Å². The Morgan fingerprint density at radius 1 is 0.430 bits per heavy atom. The van der Waals surface area contributed by atoms with Gasteiger partial charge >= 0.3 is 5.97 Å². The van der Waals surface area contributed by atoms with Crippen molar-refractivity contribution in [3.8, 4) is 0 Å². The van der Waals surface area contributed by atoms with E-state index in [1.165, 1.54) is 18.2 Å². The number of benzene rings is 6. The topological polar surface area (TPSA) is 357 Å². The summed E-state index contributed by atoms with van der Waals surface area (Å²) >= 11 is 39.0. The van der Waals surface area contributed by atoms with E-state index in [0.717, 1.165) is 56.6 Å². The van der Waals surface area contributed by atoms with Crippen LogP contribution < -0.4 is 40.3 Å². The summed E-state index contributed by atoms with van der Waals surface area (Å²) in [6, 6.07) is 31.0. The first-order valence-corrected chi connectivity index (χ1v) is 47.2. The highest BCUT2D eigenvalue weighted by molar-refractivity contribution is 7.90. The van der Waals surface area contributed by atoms with Crippen LogP contribution in [-0.2, 0) is 95.6 Å². The van der Waals surface area contributed by atoms with Crippen LogP contribution in [0.1, 0.15) is 133 Å². The second-order valence-corrected chi connectivity index (χ2v) is 38.6. The highest BCUT2D eigenvalue weighted by atomic mass is 35.5. The van der Waals surface area contributed by atoms with Gasteiger partial charge in [-0.2, -0.15) is 0 Å². The quantitative estimate of drug-likeness (QED) is 0.0165. The van der Waals surface area contributed by atoms with Gasteiger partial charge in [0.1, 0.15) is 0 Å². The number of fused-ring (bicyclic) bond motifs is 3. The molecule has 121 heavy (non-hydrogen) atoms. The summed E-state index contributed by atoms with van der Waals surface area (Å²) in [4.78, 5) is 75.0. The Morgan fingerprint density at radius 2 is 0.777 bits per heavy atom. The average Bonchev–Trinajstić information content (AvgIpc) is 0.775. The maximum atomic E-state index is 14.5. The van der Waals surface area contributed by atoms with Crippen molar-refractivity contribution in [2.75, 3.05) is 164 Å². The lowest BCUT2D eigenvalue weighted by atomic mass is 9.77. The first kappa shape index (κ1) is 96.8. The van der Waals surface area contributed by atoms with E-state index < -0.39 is 77.0 Å². The molecule has 0 radical (unpaired) electrons. The fourth-order valence-corrected chi connectivity index (χ4v) is 20.9. The monoisotopic (exact) mass is 1850 g/mol. The number of carbonyl (C=O) groups is 5. The van der Waals surface area contributed by atoms with E-state index in [1.54, 1.807) is 54.6 Å². The van der Waals surface area contributed by atoms with Gasteiger partial charge in [0, 0.05) is 147 Å². The molecule has 662 valence electrons. The minimum atomic E-state index is -3.93. The van der Waals surface area contributed by atoms with Gasteiger partial charge in [-0.25, -0.2) is 39.4 Å². The second kappa shape index (κ2) is 46.7. The van der Waals surface area contributed by atoms with Crippen LogP contribution in [0.4, 0.5) is 5.69 Å². The number of ether oxygens (including phenoxy) is 6. The maximum absolute atomic E-state index is 14.5. The summed E-state index contributed by atoms with van der Waals surface area (Å²) in [5, 5.41) is 24.9. The molecule has 4 amide bonds. The van der Waals surface area contributed by atoms with E-state index in [1.807, 2.05) is 57.5 Å². The maximum Gasteiger partial charge on any atom is 0.307 e. The van der Waals surface area contributed by atoms with E-state index in [2.05, 4.69) is 50.1 Å². The third-order valence-corrected chi connectivity index (χ3v) is 28.0. The summed E-state index contributed by atoms with van der Waals surface area (Å²) < 4.78 is 123. The molecule has 1 saturated carbocycles. The van der Waals surface area contributed by atoms with Gasteiger partial charge in [-0.15, -0.1) is 0 Å². The van der Waals surface area contributed by atoms with Crippen LogP contribution in [0, 0.1) is 11.8 Å².